The number of thiophene rings is 1. The highest BCUT2D eigenvalue weighted by Crippen LogP contribution is 2.49. The Morgan fingerprint density at radius 2 is 0.810 bits per heavy atom. The highest BCUT2D eigenvalue weighted by atomic mass is 32.1. The first kappa shape index (κ1) is 34.0. The third-order valence-electron chi connectivity index (χ3n) is 11.5. The van der Waals surface area contributed by atoms with Crippen LogP contribution in [0.5, 0.6) is 0 Å². The van der Waals surface area contributed by atoms with E-state index in [4.69, 9.17) is 0 Å². The molecule has 1 nitrogen and oxygen atoms in total. The van der Waals surface area contributed by atoms with Gasteiger partial charge in [-0.25, -0.2) is 0 Å². The summed E-state index contributed by atoms with van der Waals surface area (Å²) in [4.78, 5) is 2.45. The Hall–Kier alpha value is -7.26. The van der Waals surface area contributed by atoms with E-state index in [0.29, 0.717) is 0 Å². The number of anilines is 3. The van der Waals surface area contributed by atoms with Gasteiger partial charge in [0.15, 0.2) is 0 Å². The van der Waals surface area contributed by atoms with Crippen molar-refractivity contribution in [1.29, 1.82) is 0 Å². The zero-order valence-electron chi connectivity index (χ0n) is 31.7. The van der Waals surface area contributed by atoms with Gasteiger partial charge in [-0.2, -0.15) is 0 Å². The molecule has 0 aliphatic carbocycles. The van der Waals surface area contributed by atoms with Gasteiger partial charge < -0.3 is 4.90 Å². The molecule has 0 bridgehead atoms. The third-order valence-corrected chi connectivity index (χ3v) is 12.6. The van der Waals surface area contributed by atoms with Crippen molar-refractivity contribution in [2.24, 2.45) is 0 Å². The van der Waals surface area contributed by atoms with Crippen molar-refractivity contribution >= 4 is 70.1 Å². The fourth-order valence-electron chi connectivity index (χ4n) is 8.70. The largest absolute Gasteiger partial charge is 0.310 e. The summed E-state index contributed by atoms with van der Waals surface area (Å²) in [5.74, 6) is 0. The Labute approximate surface area is 342 Å². The van der Waals surface area contributed by atoms with Crippen LogP contribution in [-0.4, -0.2) is 0 Å². The highest BCUT2D eigenvalue weighted by Gasteiger charge is 2.23. The van der Waals surface area contributed by atoms with Crippen LogP contribution in [0.15, 0.2) is 224 Å². The molecule has 0 amide bonds. The van der Waals surface area contributed by atoms with Gasteiger partial charge in [-0.05, 0) is 115 Å². The second-order valence-electron chi connectivity index (χ2n) is 14.9. The van der Waals surface area contributed by atoms with E-state index in [2.05, 4.69) is 229 Å². The first-order chi connectivity index (χ1) is 28.8. The molecule has 1 aromatic heterocycles. The summed E-state index contributed by atoms with van der Waals surface area (Å²) in [6.07, 6.45) is 0. The lowest BCUT2D eigenvalue weighted by atomic mass is 9.87. The maximum atomic E-state index is 2.45. The lowest BCUT2D eigenvalue weighted by molar-refractivity contribution is 1.28. The summed E-state index contributed by atoms with van der Waals surface area (Å²) in [5.41, 5.74) is 12.9. The summed E-state index contributed by atoms with van der Waals surface area (Å²) in [5, 5.41) is 7.57. The first-order valence-electron chi connectivity index (χ1n) is 19.8. The van der Waals surface area contributed by atoms with E-state index >= 15 is 0 Å². The summed E-state index contributed by atoms with van der Waals surface area (Å²) in [6, 6.07) is 82.1. The molecule has 0 saturated carbocycles. The van der Waals surface area contributed by atoms with Crippen molar-refractivity contribution in [3.8, 4) is 44.5 Å². The molecule has 0 aliphatic rings. The fourth-order valence-corrected chi connectivity index (χ4v) is 9.79. The second-order valence-corrected chi connectivity index (χ2v) is 15.9. The van der Waals surface area contributed by atoms with Crippen LogP contribution in [-0.2, 0) is 0 Å². The molecular formula is C56H37NS. The Morgan fingerprint density at radius 1 is 0.293 bits per heavy atom. The van der Waals surface area contributed by atoms with Crippen LogP contribution in [0.2, 0.25) is 0 Å². The number of hydrogen-bond acceptors (Lipinski definition) is 2. The van der Waals surface area contributed by atoms with Crippen LogP contribution < -0.4 is 4.90 Å². The molecule has 0 fully saturated rings. The van der Waals surface area contributed by atoms with Gasteiger partial charge in [-0.3, -0.25) is 0 Å². The van der Waals surface area contributed by atoms with Crippen LogP contribution in [0.4, 0.5) is 17.1 Å². The Bertz CT molecular complexity index is 3170. The molecule has 1 heterocycles. The van der Waals surface area contributed by atoms with Gasteiger partial charge in [-0.1, -0.05) is 170 Å². The second kappa shape index (κ2) is 14.4. The number of benzene rings is 10. The summed E-state index contributed by atoms with van der Waals surface area (Å²) < 4.78 is 2.62. The summed E-state index contributed by atoms with van der Waals surface area (Å²) >= 11 is 1.86. The van der Waals surface area contributed by atoms with E-state index in [0.717, 1.165) is 17.1 Å². The van der Waals surface area contributed by atoms with E-state index in [1.165, 1.54) is 86.2 Å². The number of nitrogens with zero attached hydrogens (tertiary/aromatic N) is 1. The van der Waals surface area contributed by atoms with Crippen LogP contribution in [0.3, 0.4) is 0 Å². The van der Waals surface area contributed by atoms with Gasteiger partial charge in [0.05, 0.1) is 5.69 Å². The fraction of sp³-hybridized carbons (Fsp3) is 0. The zero-order chi connectivity index (χ0) is 38.4. The molecule has 0 radical (unpaired) electrons. The molecule has 0 aliphatic heterocycles. The van der Waals surface area contributed by atoms with Crippen molar-refractivity contribution in [3.05, 3.63) is 224 Å². The number of hydrogen-bond donors (Lipinski definition) is 0. The van der Waals surface area contributed by atoms with E-state index in [-0.39, 0.29) is 0 Å². The SMILES string of the molecule is c1ccc(-c2ccc(N(c3ccc(-c4ccccc4)cc3)c3cccc(-c4ccc5sc6ccccc6c5c4)c3-c3cc4ccccc4c4ccccc34)cc2)cc1. The minimum absolute atomic E-state index is 1.09. The molecule has 0 atom stereocenters. The minimum Gasteiger partial charge on any atom is -0.310 e. The molecule has 0 saturated heterocycles. The van der Waals surface area contributed by atoms with Gasteiger partial charge in [0.1, 0.15) is 0 Å². The average Bonchev–Trinajstić information content (AvgIpc) is 3.68. The minimum atomic E-state index is 1.09. The molecule has 0 unspecified atom stereocenters. The van der Waals surface area contributed by atoms with Crippen molar-refractivity contribution < 1.29 is 0 Å². The van der Waals surface area contributed by atoms with Gasteiger partial charge in [-0.15, -0.1) is 11.3 Å². The predicted molar refractivity (Wildman–Crippen MR) is 251 cm³/mol. The van der Waals surface area contributed by atoms with Crippen LogP contribution in [0.25, 0.3) is 86.2 Å². The molecule has 2 heteroatoms. The van der Waals surface area contributed by atoms with Gasteiger partial charge >= 0.3 is 0 Å². The highest BCUT2D eigenvalue weighted by molar-refractivity contribution is 7.25. The molecule has 11 rings (SSSR count). The molecule has 10 aromatic carbocycles. The summed E-state index contributed by atoms with van der Waals surface area (Å²) in [7, 11) is 0. The smallest absolute Gasteiger partial charge is 0.0546 e. The van der Waals surface area contributed by atoms with Crippen LogP contribution >= 0.6 is 11.3 Å². The van der Waals surface area contributed by atoms with Crippen LogP contribution in [0.1, 0.15) is 0 Å². The number of fused-ring (bicyclic) bond motifs is 6. The predicted octanol–water partition coefficient (Wildman–Crippen LogP) is 16.5. The maximum Gasteiger partial charge on any atom is 0.0546 e. The van der Waals surface area contributed by atoms with E-state index < -0.39 is 0 Å². The van der Waals surface area contributed by atoms with Gasteiger partial charge in [0.2, 0.25) is 0 Å². The Balaban J connectivity index is 1.20. The third kappa shape index (κ3) is 5.94. The first-order valence-corrected chi connectivity index (χ1v) is 20.7. The van der Waals surface area contributed by atoms with Crippen molar-refractivity contribution in [3.63, 3.8) is 0 Å². The normalized spacial score (nSPS) is 11.4. The lowest BCUT2D eigenvalue weighted by Gasteiger charge is -2.30. The van der Waals surface area contributed by atoms with Crippen molar-refractivity contribution in [2.45, 2.75) is 0 Å². The molecule has 0 N–H and O–H groups in total. The number of rotatable bonds is 7. The van der Waals surface area contributed by atoms with Crippen LogP contribution in [0, 0.1) is 0 Å². The van der Waals surface area contributed by atoms with E-state index in [9.17, 15) is 0 Å². The van der Waals surface area contributed by atoms with Gasteiger partial charge in [0, 0.05) is 37.1 Å². The molecule has 0 spiro atoms. The lowest BCUT2D eigenvalue weighted by Crippen LogP contribution is -2.12. The quantitative estimate of drug-likeness (QED) is 0.146. The molecular weight excluding hydrogens is 719 g/mol. The molecule has 272 valence electrons. The van der Waals surface area contributed by atoms with E-state index in [1.807, 2.05) is 11.3 Å². The maximum absolute atomic E-state index is 2.45. The molecule has 11 aromatic rings. The topological polar surface area (TPSA) is 3.24 Å². The van der Waals surface area contributed by atoms with E-state index in [1.54, 1.807) is 0 Å². The zero-order valence-corrected chi connectivity index (χ0v) is 32.5. The van der Waals surface area contributed by atoms with Gasteiger partial charge in [0.25, 0.3) is 0 Å². The Kier molecular flexibility index (Phi) is 8.42. The van der Waals surface area contributed by atoms with Crippen molar-refractivity contribution in [1.82, 2.24) is 0 Å². The Morgan fingerprint density at radius 3 is 1.48 bits per heavy atom. The van der Waals surface area contributed by atoms with Crippen molar-refractivity contribution in [2.75, 3.05) is 4.90 Å². The summed E-state index contributed by atoms with van der Waals surface area (Å²) in [6.45, 7) is 0. The molecule has 58 heavy (non-hydrogen) atoms. The average molecular weight is 756 g/mol. The standard InChI is InChI=1S/C56H37NS/c1-3-14-38(15-4-1)40-26-31-44(32-27-40)57(45-33-28-41(29-34-45)39-16-5-2-6-17-39)53-24-13-23-47(43-30-35-55-51(36-43)50-22-11-12-25-54(50)58-55)56(53)52-37-42-18-7-8-19-46(42)48-20-9-10-21-49(48)52/h1-37H. The monoisotopic (exact) mass is 755 g/mol.